The minimum absolute atomic E-state index is 0.637. The van der Waals surface area contributed by atoms with Gasteiger partial charge in [-0.1, -0.05) is 11.6 Å². The molecule has 0 amide bonds. The second-order valence-electron chi connectivity index (χ2n) is 3.87. The molecule has 4 heteroatoms. The summed E-state index contributed by atoms with van der Waals surface area (Å²) in [6.45, 7) is 2.70. The van der Waals surface area contributed by atoms with E-state index in [0.717, 1.165) is 28.4 Å². The number of thiazole rings is 1. The maximum atomic E-state index is 5.53. The van der Waals surface area contributed by atoms with Crippen LogP contribution in [0.4, 0.5) is 0 Å². The van der Waals surface area contributed by atoms with Gasteiger partial charge in [-0.25, -0.2) is 4.98 Å². The summed E-state index contributed by atoms with van der Waals surface area (Å²) < 4.78 is 5.36. The van der Waals surface area contributed by atoms with Crippen molar-refractivity contribution in [3.05, 3.63) is 34.2 Å². The molecule has 0 saturated heterocycles. The Bertz CT molecular complexity index is 508. The molecule has 1 aromatic heterocycles. The third-order valence-electron chi connectivity index (χ3n) is 2.54. The first-order valence-corrected chi connectivity index (χ1v) is 6.42. The summed E-state index contributed by atoms with van der Waals surface area (Å²) in [6, 6.07) is 6.11. The first-order chi connectivity index (χ1) is 8.24. The molecule has 1 heterocycles. The van der Waals surface area contributed by atoms with Crippen LogP contribution in [0, 0.1) is 6.92 Å². The van der Waals surface area contributed by atoms with E-state index in [2.05, 4.69) is 23.4 Å². The third-order valence-corrected chi connectivity index (χ3v) is 3.45. The molecule has 1 aromatic carbocycles. The van der Waals surface area contributed by atoms with Gasteiger partial charge in [0.15, 0.2) is 0 Å². The van der Waals surface area contributed by atoms with Crippen molar-refractivity contribution in [1.82, 2.24) is 4.98 Å². The minimum Gasteiger partial charge on any atom is -0.496 e. The molecule has 2 aromatic rings. The van der Waals surface area contributed by atoms with Gasteiger partial charge in [0.1, 0.15) is 5.75 Å². The fraction of sp³-hybridized carbons (Fsp3) is 0.308. The third kappa shape index (κ3) is 2.65. The molecule has 0 fully saturated rings. The number of nitrogens with two attached hydrogens (primary N) is 1. The van der Waals surface area contributed by atoms with Crippen LogP contribution >= 0.6 is 11.3 Å². The molecule has 3 nitrogen and oxygen atoms in total. The van der Waals surface area contributed by atoms with Gasteiger partial charge in [-0.3, -0.25) is 0 Å². The van der Waals surface area contributed by atoms with Crippen LogP contribution < -0.4 is 10.5 Å². The summed E-state index contributed by atoms with van der Waals surface area (Å²) >= 11 is 1.65. The van der Waals surface area contributed by atoms with Gasteiger partial charge in [0.25, 0.3) is 0 Å². The Labute approximate surface area is 105 Å². The Balaban J connectivity index is 2.40. The zero-order chi connectivity index (χ0) is 12.3. The fourth-order valence-electron chi connectivity index (χ4n) is 1.69. The van der Waals surface area contributed by atoms with Crippen molar-refractivity contribution in [1.29, 1.82) is 0 Å². The van der Waals surface area contributed by atoms with E-state index in [1.54, 1.807) is 18.4 Å². The van der Waals surface area contributed by atoms with Crippen molar-refractivity contribution in [2.45, 2.75) is 13.3 Å². The normalized spacial score (nSPS) is 10.5. The number of methoxy groups -OCH3 is 1. The largest absolute Gasteiger partial charge is 0.496 e. The van der Waals surface area contributed by atoms with Crippen LogP contribution in [0.2, 0.25) is 0 Å². The number of rotatable bonds is 4. The SMILES string of the molecule is COc1ccc(C)cc1-c1csc(CCN)n1. The van der Waals surface area contributed by atoms with E-state index >= 15 is 0 Å². The quantitative estimate of drug-likeness (QED) is 0.904. The molecule has 0 bridgehead atoms. The summed E-state index contributed by atoms with van der Waals surface area (Å²) in [5.41, 5.74) is 8.75. The molecule has 2 N–H and O–H groups in total. The molecule has 0 spiro atoms. The Morgan fingerprint density at radius 3 is 2.94 bits per heavy atom. The number of hydrogen-bond acceptors (Lipinski definition) is 4. The Kier molecular flexibility index (Phi) is 3.76. The van der Waals surface area contributed by atoms with Crippen LogP contribution in [0.3, 0.4) is 0 Å². The number of aromatic nitrogens is 1. The van der Waals surface area contributed by atoms with Crippen molar-refractivity contribution in [2.75, 3.05) is 13.7 Å². The summed E-state index contributed by atoms with van der Waals surface area (Å²) in [7, 11) is 1.68. The van der Waals surface area contributed by atoms with Gasteiger partial charge in [0, 0.05) is 17.4 Å². The fourth-order valence-corrected chi connectivity index (χ4v) is 2.51. The van der Waals surface area contributed by atoms with Gasteiger partial charge in [-0.2, -0.15) is 0 Å². The molecule has 17 heavy (non-hydrogen) atoms. The Hall–Kier alpha value is -1.39. The molecule has 0 aliphatic rings. The molecule has 2 rings (SSSR count). The lowest BCUT2D eigenvalue weighted by atomic mass is 10.1. The van der Waals surface area contributed by atoms with Gasteiger partial charge in [-0.15, -0.1) is 11.3 Å². The van der Waals surface area contributed by atoms with Crippen LogP contribution in [-0.4, -0.2) is 18.6 Å². The zero-order valence-corrected chi connectivity index (χ0v) is 10.9. The topological polar surface area (TPSA) is 48.1 Å². The highest BCUT2D eigenvalue weighted by atomic mass is 32.1. The van der Waals surface area contributed by atoms with Crippen molar-refractivity contribution in [3.63, 3.8) is 0 Å². The van der Waals surface area contributed by atoms with Crippen LogP contribution in [-0.2, 0) is 6.42 Å². The monoisotopic (exact) mass is 248 g/mol. The van der Waals surface area contributed by atoms with E-state index < -0.39 is 0 Å². The first kappa shape index (κ1) is 12.1. The van der Waals surface area contributed by atoms with E-state index in [-0.39, 0.29) is 0 Å². The number of hydrogen-bond donors (Lipinski definition) is 1. The lowest BCUT2D eigenvalue weighted by Gasteiger charge is -2.06. The smallest absolute Gasteiger partial charge is 0.128 e. The van der Waals surface area contributed by atoms with Gasteiger partial charge in [-0.05, 0) is 25.6 Å². The molecule has 0 radical (unpaired) electrons. The second kappa shape index (κ2) is 5.29. The van der Waals surface area contributed by atoms with Crippen molar-refractivity contribution >= 4 is 11.3 Å². The molecule has 0 unspecified atom stereocenters. The average Bonchev–Trinajstić information content (AvgIpc) is 2.78. The summed E-state index contributed by atoms with van der Waals surface area (Å²) in [5.74, 6) is 0.861. The minimum atomic E-state index is 0.637. The summed E-state index contributed by atoms with van der Waals surface area (Å²) in [6.07, 6.45) is 0.832. The number of nitrogens with zero attached hydrogens (tertiary/aromatic N) is 1. The van der Waals surface area contributed by atoms with Crippen molar-refractivity contribution in [2.24, 2.45) is 5.73 Å². The highest BCUT2D eigenvalue weighted by Crippen LogP contribution is 2.31. The lowest BCUT2D eigenvalue weighted by molar-refractivity contribution is 0.416. The van der Waals surface area contributed by atoms with Gasteiger partial charge in [0.2, 0.25) is 0 Å². The maximum absolute atomic E-state index is 5.53. The average molecular weight is 248 g/mol. The number of ether oxygens (including phenoxy) is 1. The van der Waals surface area contributed by atoms with Crippen molar-refractivity contribution < 1.29 is 4.74 Å². The molecule has 0 aliphatic heterocycles. The number of benzene rings is 1. The Morgan fingerprint density at radius 1 is 1.41 bits per heavy atom. The van der Waals surface area contributed by atoms with E-state index in [1.165, 1.54) is 5.56 Å². The van der Waals surface area contributed by atoms with Crippen LogP contribution in [0.15, 0.2) is 23.6 Å². The zero-order valence-electron chi connectivity index (χ0n) is 10.1. The standard InChI is InChI=1S/C13H16N2OS/c1-9-3-4-12(16-2)10(7-9)11-8-17-13(15-11)5-6-14/h3-4,7-8H,5-6,14H2,1-2H3. The molecule has 0 saturated carbocycles. The predicted octanol–water partition coefficient (Wildman–Crippen LogP) is 2.63. The van der Waals surface area contributed by atoms with Crippen LogP contribution in [0.5, 0.6) is 5.75 Å². The highest BCUT2D eigenvalue weighted by molar-refractivity contribution is 7.09. The number of aryl methyl sites for hydroxylation is 1. The molecular weight excluding hydrogens is 232 g/mol. The van der Waals surface area contributed by atoms with Gasteiger partial charge >= 0.3 is 0 Å². The molecule has 90 valence electrons. The van der Waals surface area contributed by atoms with Gasteiger partial charge in [0.05, 0.1) is 17.8 Å². The van der Waals surface area contributed by atoms with Gasteiger partial charge < -0.3 is 10.5 Å². The van der Waals surface area contributed by atoms with Crippen molar-refractivity contribution in [3.8, 4) is 17.0 Å². The van der Waals surface area contributed by atoms with E-state index in [9.17, 15) is 0 Å². The highest BCUT2D eigenvalue weighted by Gasteiger charge is 2.09. The Morgan fingerprint density at radius 2 is 2.24 bits per heavy atom. The summed E-state index contributed by atoms with van der Waals surface area (Å²) in [5, 5.41) is 3.13. The lowest BCUT2D eigenvalue weighted by Crippen LogP contribution is -2.02. The van der Waals surface area contributed by atoms with E-state index in [0.29, 0.717) is 6.54 Å². The van der Waals surface area contributed by atoms with E-state index in [4.69, 9.17) is 10.5 Å². The maximum Gasteiger partial charge on any atom is 0.128 e. The first-order valence-electron chi connectivity index (χ1n) is 5.54. The summed E-state index contributed by atoms with van der Waals surface area (Å²) in [4.78, 5) is 4.58. The van der Waals surface area contributed by atoms with Crippen LogP contribution in [0.1, 0.15) is 10.6 Å². The molecular formula is C13H16N2OS. The molecule has 0 atom stereocenters. The van der Waals surface area contributed by atoms with E-state index in [1.807, 2.05) is 12.1 Å². The molecule has 0 aliphatic carbocycles. The second-order valence-corrected chi connectivity index (χ2v) is 4.81. The van der Waals surface area contributed by atoms with Crippen LogP contribution in [0.25, 0.3) is 11.3 Å². The predicted molar refractivity (Wildman–Crippen MR) is 71.6 cm³/mol.